The van der Waals surface area contributed by atoms with Crippen LogP contribution in [0.1, 0.15) is 10.4 Å². The molecule has 0 saturated carbocycles. The molecule has 7 nitrogen and oxygen atoms in total. The first kappa shape index (κ1) is 15.0. The number of amides is 2. The molecule has 1 heterocycles. The van der Waals surface area contributed by atoms with Gasteiger partial charge in [-0.05, 0) is 34.1 Å². The van der Waals surface area contributed by atoms with Gasteiger partial charge in [0.1, 0.15) is 0 Å². The number of aromatic nitrogens is 2. The summed E-state index contributed by atoms with van der Waals surface area (Å²) >= 11 is 3.22. The largest absolute Gasteiger partial charge is 0.478 e. The number of urea groups is 1. The Morgan fingerprint density at radius 3 is 2.81 bits per heavy atom. The lowest BCUT2D eigenvalue weighted by Gasteiger charge is -2.11. The number of carboxylic acids is 1. The lowest BCUT2D eigenvalue weighted by molar-refractivity contribution is 0.0698. The summed E-state index contributed by atoms with van der Waals surface area (Å²) in [5, 5.41) is 18.3. The molecular formula is C13H13BrN4O3. The van der Waals surface area contributed by atoms with Crippen LogP contribution in [0.2, 0.25) is 0 Å². The summed E-state index contributed by atoms with van der Waals surface area (Å²) < 4.78 is 2.19. The Hall–Kier alpha value is -2.35. The van der Waals surface area contributed by atoms with Gasteiger partial charge in [-0.3, -0.25) is 4.68 Å². The number of para-hydroxylation sites is 1. The molecule has 0 atom stereocenters. The van der Waals surface area contributed by atoms with Gasteiger partial charge in [-0.2, -0.15) is 5.10 Å². The Kier molecular flexibility index (Phi) is 4.94. The number of halogens is 1. The minimum atomic E-state index is -1.11. The maximum Gasteiger partial charge on any atom is 0.337 e. The molecule has 0 aliphatic rings. The van der Waals surface area contributed by atoms with Gasteiger partial charge < -0.3 is 15.7 Å². The summed E-state index contributed by atoms with van der Waals surface area (Å²) in [6.07, 6.45) is 3.44. The summed E-state index contributed by atoms with van der Waals surface area (Å²) in [6.45, 7) is 0.905. The van der Waals surface area contributed by atoms with Crippen molar-refractivity contribution in [1.29, 1.82) is 0 Å². The first-order valence-corrected chi connectivity index (χ1v) is 6.91. The molecule has 21 heavy (non-hydrogen) atoms. The number of benzene rings is 1. The summed E-state index contributed by atoms with van der Waals surface area (Å²) in [6, 6.07) is 5.99. The van der Waals surface area contributed by atoms with Crippen molar-refractivity contribution in [1.82, 2.24) is 15.1 Å². The van der Waals surface area contributed by atoms with Crippen molar-refractivity contribution in [3.05, 3.63) is 46.7 Å². The van der Waals surface area contributed by atoms with Crippen LogP contribution in [-0.2, 0) is 6.54 Å². The Balaban J connectivity index is 1.95. The van der Waals surface area contributed by atoms with Crippen LogP contribution in [-0.4, -0.2) is 33.4 Å². The fourth-order valence-corrected chi connectivity index (χ4v) is 2.17. The van der Waals surface area contributed by atoms with E-state index in [0.717, 1.165) is 0 Å². The smallest absolute Gasteiger partial charge is 0.337 e. The lowest BCUT2D eigenvalue weighted by Crippen LogP contribution is -2.32. The molecule has 2 aromatic rings. The van der Waals surface area contributed by atoms with Crippen LogP contribution < -0.4 is 10.6 Å². The third-order valence-electron chi connectivity index (χ3n) is 2.67. The molecule has 8 heteroatoms. The minimum Gasteiger partial charge on any atom is -0.478 e. The molecule has 0 aliphatic heterocycles. The van der Waals surface area contributed by atoms with Crippen LogP contribution in [0.5, 0.6) is 0 Å². The third-order valence-corrected chi connectivity index (χ3v) is 3.33. The molecule has 1 aromatic heterocycles. The summed E-state index contributed by atoms with van der Waals surface area (Å²) in [5.41, 5.74) is 0.244. The fraction of sp³-hybridized carbons (Fsp3) is 0.154. The van der Waals surface area contributed by atoms with Crippen molar-refractivity contribution in [2.75, 3.05) is 11.9 Å². The van der Waals surface area contributed by atoms with Gasteiger partial charge in [0.15, 0.2) is 0 Å². The van der Waals surface area contributed by atoms with E-state index < -0.39 is 12.0 Å². The third kappa shape index (κ3) is 4.06. The standard InChI is InChI=1S/C13H13BrN4O3/c14-10-4-1-3-9(12(19)20)11(10)17-13(21)15-6-8-18-7-2-5-16-18/h1-5,7H,6,8H2,(H,19,20)(H2,15,17,21). The summed E-state index contributed by atoms with van der Waals surface area (Å²) in [5.74, 6) is -1.11. The minimum absolute atomic E-state index is 0.0200. The molecule has 110 valence electrons. The first-order valence-electron chi connectivity index (χ1n) is 6.12. The fourth-order valence-electron chi connectivity index (χ4n) is 1.70. The summed E-state index contributed by atoms with van der Waals surface area (Å²) in [7, 11) is 0. The van der Waals surface area contributed by atoms with E-state index in [-0.39, 0.29) is 11.3 Å². The second-order valence-corrected chi connectivity index (χ2v) is 4.97. The van der Waals surface area contributed by atoms with Crippen LogP contribution >= 0.6 is 15.9 Å². The molecule has 0 saturated heterocycles. The number of carboxylic acid groups (broad SMARTS) is 1. The van der Waals surface area contributed by atoms with E-state index in [2.05, 4.69) is 31.7 Å². The van der Waals surface area contributed by atoms with E-state index in [4.69, 9.17) is 5.11 Å². The van der Waals surface area contributed by atoms with Gasteiger partial charge in [0.2, 0.25) is 0 Å². The van der Waals surface area contributed by atoms with Gasteiger partial charge in [-0.25, -0.2) is 9.59 Å². The number of hydrogen-bond donors (Lipinski definition) is 3. The van der Waals surface area contributed by atoms with E-state index in [1.165, 1.54) is 6.07 Å². The number of nitrogens with one attached hydrogen (secondary N) is 2. The number of carbonyl (C=O) groups excluding carboxylic acids is 1. The number of anilines is 1. The van der Waals surface area contributed by atoms with Crippen LogP contribution in [0, 0.1) is 0 Å². The Morgan fingerprint density at radius 1 is 1.33 bits per heavy atom. The quantitative estimate of drug-likeness (QED) is 0.768. The second kappa shape index (κ2) is 6.89. The highest BCUT2D eigenvalue weighted by Crippen LogP contribution is 2.26. The zero-order valence-corrected chi connectivity index (χ0v) is 12.5. The first-order chi connectivity index (χ1) is 10.1. The number of rotatable bonds is 5. The van der Waals surface area contributed by atoms with Gasteiger partial charge in [-0.15, -0.1) is 0 Å². The maximum absolute atomic E-state index is 11.8. The average molecular weight is 353 g/mol. The van der Waals surface area contributed by atoms with Crippen LogP contribution in [0.3, 0.4) is 0 Å². The van der Waals surface area contributed by atoms with Crippen LogP contribution in [0.25, 0.3) is 0 Å². The summed E-state index contributed by atoms with van der Waals surface area (Å²) in [4.78, 5) is 22.9. The van der Waals surface area contributed by atoms with E-state index in [9.17, 15) is 9.59 Å². The van der Waals surface area contributed by atoms with Gasteiger partial charge >= 0.3 is 12.0 Å². The predicted molar refractivity (Wildman–Crippen MR) is 80.3 cm³/mol. The molecule has 0 unspecified atom stereocenters. The van der Waals surface area contributed by atoms with Crippen molar-refractivity contribution in [2.45, 2.75) is 6.54 Å². The van der Waals surface area contributed by atoms with Crippen molar-refractivity contribution < 1.29 is 14.7 Å². The average Bonchev–Trinajstić information content (AvgIpc) is 2.94. The van der Waals surface area contributed by atoms with Crippen molar-refractivity contribution in [3.63, 3.8) is 0 Å². The van der Waals surface area contributed by atoms with Crippen molar-refractivity contribution >= 4 is 33.6 Å². The SMILES string of the molecule is O=C(NCCn1cccn1)Nc1c(Br)cccc1C(=O)O. The highest BCUT2D eigenvalue weighted by atomic mass is 79.9. The molecule has 0 radical (unpaired) electrons. The molecule has 0 fully saturated rings. The number of aromatic carboxylic acids is 1. The topological polar surface area (TPSA) is 96.3 Å². The Labute approximate surface area is 129 Å². The zero-order chi connectivity index (χ0) is 15.2. The monoisotopic (exact) mass is 352 g/mol. The number of carbonyl (C=O) groups is 2. The van der Waals surface area contributed by atoms with E-state index in [1.54, 1.807) is 35.3 Å². The molecule has 0 aliphatic carbocycles. The highest BCUT2D eigenvalue weighted by molar-refractivity contribution is 9.10. The molecule has 1 aromatic carbocycles. The maximum atomic E-state index is 11.8. The van der Waals surface area contributed by atoms with Crippen LogP contribution in [0.4, 0.5) is 10.5 Å². The molecule has 3 N–H and O–H groups in total. The van der Waals surface area contributed by atoms with Crippen LogP contribution in [0.15, 0.2) is 41.1 Å². The lowest BCUT2D eigenvalue weighted by atomic mass is 10.2. The molecule has 0 bridgehead atoms. The van der Waals surface area contributed by atoms with E-state index >= 15 is 0 Å². The second-order valence-electron chi connectivity index (χ2n) is 4.12. The molecule has 2 amide bonds. The number of nitrogens with zero attached hydrogens (tertiary/aromatic N) is 2. The van der Waals surface area contributed by atoms with Gasteiger partial charge in [-0.1, -0.05) is 6.07 Å². The van der Waals surface area contributed by atoms with Gasteiger partial charge in [0.25, 0.3) is 0 Å². The van der Waals surface area contributed by atoms with Gasteiger partial charge in [0, 0.05) is 23.4 Å². The zero-order valence-electron chi connectivity index (χ0n) is 10.9. The van der Waals surface area contributed by atoms with Gasteiger partial charge in [0.05, 0.1) is 17.8 Å². The molecular weight excluding hydrogens is 340 g/mol. The predicted octanol–water partition coefficient (Wildman–Crippen LogP) is 2.17. The molecule has 0 spiro atoms. The van der Waals surface area contributed by atoms with Crippen molar-refractivity contribution in [2.24, 2.45) is 0 Å². The number of hydrogen-bond acceptors (Lipinski definition) is 3. The Bertz CT molecular complexity index is 643. The highest BCUT2D eigenvalue weighted by Gasteiger charge is 2.14. The molecule has 2 rings (SSSR count). The normalized spacial score (nSPS) is 10.1. The van der Waals surface area contributed by atoms with Crippen molar-refractivity contribution in [3.8, 4) is 0 Å². The Morgan fingerprint density at radius 2 is 2.14 bits per heavy atom. The van der Waals surface area contributed by atoms with E-state index in [0.29, 0.717) is 17.6 Å². The van der Waals surface area contributed by atoms with E-state index in [1.807, 2.05) is 0 Å².